The predicted octanol–water partition coefficient (Wildman–Crippen LogP) is 6.38. The number of fused-ring (bicyclic) bond motifs is 2. The Hall–Kier alpha value is -4.03. The molecule has 0 spiro atoms. The van der Waals surface area contributed by atoms with Gasteiger partial charge in [-0.05, 0) is 31.6 Å². The standard InChI is InChI=1S/C64H101N2O18/c1-7-22-68-26-28-71-32-34-74-38-40-77-44-46-80-47-45-78-41-39-75-35-33-72-29-27-69-23-21-65-59-17-13-11-15-57(59)63(2,3)61(65)19-9-8-10-20-62-64(4,5)58-16-12-14-18-60(58)66(62)56-84-55-54-83-53-52-82-51-50-81-49-48-79-43-42-76-37-36-73-31-30-70-25-24-67-6/h1,8-20H,21-56H2,2-6H3/q+1. The fourth-order valence-corrected chi connectivity index (χ4v) is 8.90. The Morgan fingerprint density at radius 1 is 0.405 bits per heavy atom. The maximum absolute atomic E-state index is 6.20. The molecule has 20 nitrogen and oxygen atoms in total. The minimum Gasteiger partial charge on any atom is -0.382 e. The highest BCUT2D eigenvalue weighted by atomic mass is 16.6. The van der Waals surface area contributed by atoms with Crippen LogP contribution >= 0.6 is 0 Å². The van der Waals surface area contributed by atoms with Crippen molar-refractivity contribution in [3.63, 3.8) is 0 Å². The van der Waals surface area contributed by atoms with E-state index in [4.69, 9.17) is 91.7 Å². The van der Waals surface area contributed by atoms with Gasteiger partial charge in [-0.2, -0.15) is 4.58 Å². The number of anilines is 1. The highest BCUT2D eigenvalue weighted by molar-refractivity contribution is 6.03. The first-order chi connectivity index (χ1) is 41.3. The van der Waals surface area contributed by atoms with E-state index in [0.29, 0.717) is 238 Å². The molecule has 2 aliphatic rings. The summed E-state index contributed by atoms with van der Waals surface area (Å²) < 4.78 is 102. The van der Waals surface area contributed by atoms with Crippen LogP contribution in [0.4, 0.5) is 11.4 Å². The topological polar surface area (TPSA) is 172 Å². The molecule has 0 radical (unpaired) electrons. The lowest BCUT2D eigenvalue weighted by Gasteiger charge is -2.27. The molecule has 0 atom stereocenters. The smallest absolute Gasteiger partial charge is 0.253 e. The van der Waals surface area contributed by atoms with E-state index in [2.05, 4.69) is 122 Å². The molecule has 474 valence electrons. The van der Waals surface area contributed by atoms with Gasteiger partial charge in [0, 0.05) is 48.2 Å². The zero-order chi connectivity index (χ0) is 59.7. The van der Waals surface area contributed by atoms with Crippen LogP contribution in [0.1, 0.15) is 38.8 Å². The van der Waals surface area contributed by atoms with Gasteiger partial charge < -0.3 is 90.2 Å². The van der Waals surface area contributed by atoms with Crippen LogP contribution in [0, 0.1) is 12.3 Å². The third-order valence-electron chi connectivity index (χ3n) is 13.2. The van der Waals surface area contributed by atoms with Gasteiger partial charge in [-0.25, -0.2) is 0 Å². The third kappa shape index (κ3) is 30.5. The van der Waals surface area contributed by atoms with Crippen LogP contribution in [-0.4, -0.2) is 255 Å². The van der Waals surface area contributed by atoms with Crippen molar-refractivity contribution in [1.82, 2.24) is 0 Å². The summed E-state index contributed by atoms with van der Waals surface area (Å²) in [5.41, 5.74) is 6.89. The maximum atomic E-state index is 6.20. The van der Waals surface area contributed by atoms with Crippen LogP contribution in [0.25, 0.3) is 0 Å². The Morgan fingerprint density at radius 2 is 0.762 bits per heavy atom. The van der Waals surface area contributed by atoms with E-state index < -0.39 is 0 Å². The molecule has 0 bridgehead atoms. The molecule has 4 rings (SSSR count). The zero-order valence-corrected chi connectivity index (χ0v) is 51.3. The van der Waals surface area contributed by atoms with Gasteiger partial charge in [0.15, 0.2) is 5.71 Å². The normalized spacial score (nSPS) is 15.0. The summed E-state index contributed by atoms with van der Waals surface area (Å²) in [6, 6.07) is 17.2. The SMILES string of the molecule is C#CCOCCOCCOCCOCCOCCOCCOCCOCCOCCN1C(=CC=CC=CC2=[N+](COCCOCCOCCOCCOCCOCCOCCOCCOC)c3ccccc3C2(C)C)C(C)(C)c2ccccc21. The molecular formula is C64H101N2O18+. The fraction of sp³-hybridized carbons (Fsp3) is 0.672. The second-order valence-electron chi connectivity index (χ2n) is 20.0. The van der Waals surface area contributed by atoms with Crippen molar-refractivity contribution in [3.8, 4) is 12.3 Å². The van der Waals surface area contributed by atoms with Gasteiger partial charge in [0.2, 0.25) is 5.69 Å². The van der Waals surface area contributed by atoms with Gasteiger partial charge >= 0.3 is 0 Å². The summed E-state index contributed by atoms with van der Waals surface area (Å²) in [7, 11) is 1.65. The highest BCUT2D eigenvalue weighted by Gasteiger charge is 2.44. The molecule has 2 aromatic rings. The first kappa shape index (κ1) is 72.4. The number of nitrogens with zero attached hydrogens (tertiary/aromatic N) is 2. The van der Waals surface area contributed by atoms with Crippen LogP contribution in [0.5, 0.6) is 0 Å². The molecule has 0 saturated carbocycles. The molecule has 2 aromatic carbocycles. The number of terminal acetylenes is 1. The van der Waals surface area contributed by atoms with Crippen LogP contribution in [0.2, 0.25) is 0 Å². The van der Waals surface area contributed by atoms with Gasteiger partial charge in [0.05, 0.1) is 223 Å². The fourth-order valence-electron chi connectivity index (χ4n) is 8.90. The summed E-state index contributed by atoms with van der Waals surface area (Å²) >= 11 is 0. The van der Waals surface area contributed by atoms with Crippen molar-refractivity contribution in [2.75, 3.05) is 250 Å². The lowest BCUT2D eigenvalue weighted by atomic mass is 9.81. The van der Waals surface area contributed by atoms with Crippen LogP contribution in [0.3, 0.4) is 0 Å². The number of benzene rings is 2. The van der Waals surface area contributed by atoms with E-state index in [9.17, 15) is 0 Å². The minimum atomic E-state index is -0.218. The number of hydrogen-bond acceptors (Lipinski definition) is 19. The predicted molar refractivity (Wildman–Crippen MR) is 322 cm³/mol. The number of hydrogen-bond donors (Lipinski definition) is 0. The Balaban J connectivity index is 1.04. The van der Waals surface area contributed by atoms with E-state index in [0.717, 1.165) is 11.4 Å². The Kier molecular flexibility index (Phi) is 41.4. The molecule has 0 aliphatic carbocycles. The van der Waals surface area contributed by atoms with Crippen molar-refractivity contribution in [2.45, 2.75) is 38.5 Å². The highest BCUT2D eigenvalue weighted by Crippen LogP contribution is 2.47. The molecule has 0 saturated heterocycles. The molecule has 84 heavy (non-hydrogen) atoms. The van der Waals surface area contributed by atoms with Crippen molar-refractivity contribution in [1.29, 1.82) is 0 Å². The maximum Gasteiger partial charge on any atom is 0.253 e. The summed E-state index contributed by atoms with van der Waals surface area (Å²) in [5, 5.41) is 0. The van der Waals surface area contributed by atoms with E-state index in [1.54, 1.807) is 7.11 Å². The molecule has 0 fully saturated rings. The summed E-state index contributed by atoms with van der Waals surface area (Å²) in [5.74, 6) is 2.41. The first-order valence-corrected chi connectivity index (χ1v) is 29.7. The van der Waals surface area contributed by atoms with E-state index in [1.165, 1.54) is 22.5 Å². The lowest BCUT2D eigenvalue weighted by molar-refractivity contribution is -0.489. The quantitative estimate of drug-likeness (QED) is 0.0309. The molecule has 0 N–H and O–H groups in total. The van der Waals surface area contributed by atoms with Crippen LogP contribution < -0.4 is 4.90 Å². The van der Waals surface area contributed by atoms with E-state index >= 15 is 0 Å². The monoisotopic (exact) mass is 1190 g/mol. The van der Waals surface area contributed by atoms with Crippen LogP contribution in [-0.2, 0) is 96.1 Å². The van der Waals surface area contributed by atoms with Crippen molar-refractivity contribution in [3.05, 3.63) is 95.7 Å². The molecule has 0 aromatic heterocycles. The minimum absolute atomic E-state index is 0.188. The Bertz CT molecular complexity index is 2130. The van der Waals surface area contributed by atoms with Gasteiger partial charge in [0.1, 0.15) is 6.61 Å². The zero-order valence-electron chi connectivity index (χ0n) is 51.3. The number of methoxy groups -OCH3 is 1. The third-order valence-corrected chi connectivity index (χ3v) is 13.2. The Labute approximate surface area is 501 Å². The molecular weight excluding hydrogens is 1080 g/mol. The number of ether oxygens (including phenoxy) is 18. The van der Waals surface area contributed by atoms with Gasteiger partial charge in [-0.3, -0.25) is 0 Å². The van der Waals surface area contributed by atoms with E-state index in [-0.39, 0.29) is 10.8 Å². The summed E-state index contributed by atoms with van der Waals surface area (Å²) in [6.45, 7) is 27.1. The number of rotatable bonds is 57. The van der Waals surface area contributed by atoms with Crippen LogP contribution in [0.15, 0.2) is 84.6 Å². The average molecular weight is 1190 g/mol. The largest absolute Gasteiger partial charge is 0.382 e. The molecule has 0 unspecified atom stereocenters. The summed E-state index contributed by atoms with van der Waals surface area (Å²) in [6.07, 6.45) is 15.9. The molecule has 2 aliphatic heterocycles. The average Bonchev–Trinajstić information content (AvgIpc) is 2.78. The van der Waals surface area contributed by atoms with E-state index in [1.807, 2.05) is 0 Å². The number of allylic oxidation sites excluding steroid dienone is 6. The second-order valence-corrected chi connectivity index (χ2v) is 20.0. The lowest BCUT2D eigenvalue weighted by Crippen LogP contribution is -2.29. The first-order valence-electron chi connectivity index (χ1n) is 29.7. The van der Waals surface area contributed by atoms with Crippen molar-refractivity contribution < 1.29 is 89.8 Å². The molecule has 2 heterocycles. The van der Waals surface area contributed by atoms with Crippen molar-refractivity contribution >= 4 is 17.1 Å². The number of para-hydroxylation sites is 2. The molecule has 0 amide bonds. The molecule has 20 heteroatoms. The summed E-state index contributed by atoms with van der Waals surface area (Å²) in [4.78, 5) is 2.38. The van der Waals surface area contributed by atoms with Gasteiger partial charge in [0.25, 0.3) is 6.73 Å². The van der Waals surface area contributed by atoms with Gasteiger partial charge in [-0.15, -0.1) is 6.42 Å². The second kappa shape index (κ2) is 48.0. The van der Waals surface area contributed by atoms with Crippen molar-refractivity contribution in [2.24, 2.45) is 0 Å². The van der Waals surface area contributed by atoms with Gasteiger partial charge in [-0.1, -0.05) is 74.4 Å². The Morgan fingerprint density at radius 3 is 1.18 bits per heavy atom.